The average molecular weight is 374 g/mol. The van der Waals surface area contributed by atoms with Crippen LogP contribution in [0.5, 0.6) is 11.5 Å². The molecule has 0 spiro atoms. The second-order valence-electron chi connectivity index (χ2n) is 6.67. The predicted molar refractivity (Wildman–Crippen MR) is 99.5 cm³/mol. The Morgan fingerprint density at radius 2 is 1.58 bits per heavy atom. The van der Waals surface area contributed by atoms with E-state index in [1.165, 1.54) is 11.1 Å². The molecule has 2 aromatic rings. The number of hydrogen-bond donors (Lipinski definition) is 0. The molecule has 0 bridgehead atoms. The normalized spacial score (nSPS) is 17.5. The molecule has 1 saturated heterocycles. The minimum atomic E-state index is -3.53. The van der Waals surface area contributed by atoms with Crippen LogP contribution in [0.2, 0.25) is 0 Å². The Hall–Kier alpha value is -2.25. The molecular weight excluding hydrogens is 352 g/mol. The largest absolute Gasteiger partial charge is 0.454 e. The molecule has 2 aromatic carbocycles. The summed E-state index contributed by atoms with van der Waals surface area (Å²) in [5.41, 5.74) is 3.66. The second kappa shape index (κ2) is 6.48. The van der Waals surface area contributed by atoms with Crippen LogP contribution in [0.3, 0.4) is 0 Å². The van der Waals surface area contributed by atoms with Crippen molar-refractivity contribution in [2.45, 2.75) is 18.7 Å². The summed E-state index contributed by atoms with van der Waals surface area (Å²) >= 11 is 0. The Morgan fingerprint density at radius 3 is 2.31 bits per heavy atom. The van der Waals surface area contributed by atoms with Crippen molar-refractivity contribution in [2.75, 3.05) is 37.9 Å². The van der Waals surface area contributed by atoms with Crippen molar-refractivity contribution < 1.29 is 17.9 Å². The maximum absolute atomic E-state index is 12.9. The third-order valence-corrected chi connectivity index (χ3v) is 6.97. The van der Waals surface area contributed by atoms with Crippen molar-refractivity contribution in [1.29, 1.82) is 0 Å². The monoisotopic (exact) mass is 374 g/mol. The van der Waals surface area contributed by atoms with Gasteiger partial charge in [-0.25, -0.2) is 8.42 Å². The third-order valence-electron chi connectivity index (χ3n) is 5.08. The van der Waals surface area contributed by atoms with Gasteiger partial charge in [0.15, 0.2) is 11.5 Å². The van der Waals surface area contributed by atoms with Crippen molar-refractivity contribution in [3.8, 4) is 11.5 Å². The molecule has 4 rings (SSSR count). The molecule has 7 heteroatoms. The lowest BCUT2D eigenvalue weighted by Gasteiger charge is -2.35. The molecule has 2 aliphatic rings. The van der Waals surface area contributed by atoms with Gasteiger partial charge in [0.25, 0.3) is 0 Å². The Labute approximate surface area is 154 Å². The number of piperazine rings is 1. The van der Waals surface area contributed by atoms with Crippen LogP contribution in [0, 0.1) is 13.8 Å². The van der Waals surface area contributed by atoms with E-state index in [0.717, 1.165) is 5.69 Å². The number of fused-ring (bicyclic) bond motifs is 1. The highest BCUT2D eigenvalue weighted by atomic mass is 32.2. The van der Waals surface area contributed by atoms with Crippen molar-refractivity contribution in [2.24, 2.45) is 0 Å². The fourth-order valence-electron chi connectivity index (χ4n) is 3.30. The number of benzene rings is 2. The summed E-state index contributed by atoms with van der Waals surface area (Å²) in [5, 5.41) is 0. The smallest absolute Gasteiger partial charge is 0.243 e. The molecule has 0 aliphatic carbocycles. The minimum absolute atomic E-state index is 0.132. The van der Waals surface area contributed by atoms with Crippen LogP contribution < -0.4 is 14.4 Å². The van der Waals surface area contributed by atoms with E-state index in [1.807, 2.05) is 0 Å². The van der Waals surface area contributed by atoms with Gasteiger partial charge in [0.1, 0.15) is 0 Å². The summed E-state index contributed by atoms with van der Waals surface area (Å²) in [4.78, 5) is 2.49. The van der Waals surface area contributed by atoms with Crippen LogP contribution in [0.15, 0.2) is 41.3 Å². The maximum atomic E-state index is 12.9. The summed E-state index contributed by atoms with van der Waals surface area (Å²) in [5.74, 6) is 1.07. The van der Waals surface area contributed by atoms with Gasteiger partial charge in [0.05, 0.1) is 4.90 Å². The van der Waals surface area contributed by atoms with Crippen molar-refractivity contribution in [3.05, 3.63) is 47.5 Å². The van der Waals surface area contributed by atoms with E-state index in [2.05, 4.69) is 36.9 Å². The summed E-state index contributed by atoms with van der Waals surface area (Å²) in [6, 6.07) is 11.2. The zero-order valence-corrected chi connectivity index (χ0v) is 15.8. The van der Waals surface area contributed by atoms with Crippen LogP contribution in [0.25, 0.3) is 0 Å². The first-order valence-corrected chi connectivity index (χ1v) is 10.1. The Bertz CT molecular complexity index is 935. The molecule has 0 atom stereocenters. The van der Waals surface area contributed by atoms with Crippen LogP contribution in [-0.2, 0) is 10.0 Å². The number of rotatable bonds is 3. The average Bonchev–Trinajstić information content (AvgIpc) is 3.12. The lowest BCUT2D eigenvalue weighted by Crippen LogP contribution is -2.48. The molecule has 26 heavy (non-hydrogen) atoms. The first-order valence-electron chi connectivity index (χ1n) is 8.67. The van der Waals surface area contributed by atoms with Gasteiger partial charge in [-0.15, -0.1) is 0 Å². The summed E-state index contributed by atoms with van der Waals surface area (Å²) in [6.07, 6.45) is 0. The molecule has 0 amide bonds. The van der Waals surface area contributed by atoms with Crippen LogP contribution in [0.4, 0.5) is 5.69 Å². The van der Waals surface area contributed by atoms with Crippen LogP contribution >= 0.6 is 0 Å². The summed E-state index contributed by atoms with van der Waals surface area (Å²) in [6.45, 7) is 6.59. The van der Waals surface area contributed by atoms with E-state index in [9.17, 15) is 8.42 Å². The quantitative estimate of drug-likeness (QED) is 0.826. The zero-order chi connectivity index (χ0) is 18.3. The molecule has 0 radical (unpaired) electrons. The lowest BCUT2D eigenvalue weighted by molar-refractivity contribution is 0.174. The van der Waals surface area contributed by atoms with Crippen molar-refractivity contribution in [3.63, 3.8) is 0 Å². The molecular formula is C19H22N2O4S. The minimum Gasteiger partial charge on any atom is -0.454 e. The number of hydrogen-bond acceptors (Lipinski definition) is 5. The molecule has 0 saturated carbocycles. The number of ether oxygens (including phenoxy) is 2. The maximum Gasteiger partial charge on any atom is 0.243 e. The van der Waals surface area contributed by atoms with Gasteiger partial charge in [0, 0.05) is 37.9 Å². The second-order valence-corrected chi connectivity index (χ2v) is 8.61. The third kappa shape index (κ3) is 3.01. The van der Waals surface area contributed by atoms with Gasteiger partial charge < -0.3 is 14.4 Å². The summed E-state index contributed by atoms with van der Waals surface area (Å²) in [7, 11) is -3.53. The molecule has 1 fully saturated rings. The van der Waals surface area contributed by atoms with Crippen LogP contribution in [0.1, 0.15) is 11.1 Å². The van der Waals surface area contributed by atoms with Gasteiger partial charge in [0.2, 0.25) is 16.8 Å². The lowest BCUT2D eigenvalue weighted by atomic mass is 10.1. The number of sulfonamides is 1. The van der Waals surface area contributed by atoms with E-state index in [0.29, 0.717) is 37.7 Å². The van der Waals surface area contributed by atoms with Gasteiger partial charge >= 0.3 is 0 Å². The van der Waals surface area contributed by atoms with E-state index in [4.69, 9.17) is 9.47 Å². The molecule has 138 valence electrons. The van der Waals surface area contributed by atoms with E-state index in [1.54, 1.807) is 22.5 Å². The van der Waals surface area contributed by atoms with E-state index in [-0.39, 0.29) is 11.7 Å². The highest BCUT2D eigenvalue weighted by Crippen LogP contribution is 2.35. The molecule has 2 aliphatic heterocycles. The topological polar surface area (TPSA) is 59.1 Å². The Morgan fingerprint density at radius 1 is 0.846 bits per heavy atom. The number of aryl methyl sites for hydroxylation is 2. The Balaban J connectivity index is 1.49. The highest BCUT2D eigenvalue weighted by Gasteiger charge is 2.30. The molecule has 6 nitrogen and oxygen atoms in total. The van der Waals surface area contributed by atoms with E-state index >= 15 is 0 Å². The van der Waals surface area contributed by atoms with Crippen molar-refractivity contribution in [1.82, 2.24) is 4.31 Å². The number of nitrogens with zero attached hydrogens (tertiary/aromatic N) is 2. The fraction of sp³-hybridized carbons (Fsp3) is 0.368. The first kappa shape index (κ1) is 17.2. The van der Waals surface area contributed by atoms with Gasteiger partial charge in [-0.05, 0) is 49.2 Å². The summed E-state index contributed by atoms with van der Waals surface area (Å²) < 4.78 is 38.0. The Kier molecular flexibility index (Phi) is 4.28. The molecule has 2 heterocycles. The van der Waals surface area contributed by atoms with Gasteiger partial charge in [-0.2, -0.15) is 4.31 Å². The van der Waals surface area contributed by atoms with Crippen molar-refractivity contribution >= 4 is 15.7 Å². The zero-order valence-electron chi connectivity index (χ0n) is 14.9. The molecule has 0 unspecified atom stereocenters. The van der Waals surface area contributed by atoms with Gasteiger partial charge in [-0.3, -0.25) is 0 Å². The van der Waals surface area contributed by atoms with Crippen LogP contribution in [-0.4, -0.2) is 45.7 Å². The fourth-order valence-corrected chi connectivity index (χ4v) is 4.73. The molecule has 0 aromatic heterocycles. The predicted octanol–water partition coefficient (Wildman–Crippen LogP) is 2.54. The van der Waals surface area contributed by atoms with E-state index < -0.39 is 10.0 Å². The highest BCUT2D eigenvalue weighted by molar-refractivity contribution is 7.89. The standard InChI is InChI=1S/C19H22N2O4S/c1-14-3-4-16(11-15(14)2)20-7-9-21(10-8-20)26(22,23)17-5-6-18-19(12-17)25-13-24-18/h3-6,11-12H,7-10,13H2,1-2H3. The number of anilines is 1. The SMILES string of the molecule is Cc1ccc(N2CCN(S(=O)(=O)c3ccc4c(c3)OCO4)CC2)cc1C. The molecule has 0 N–H and O–H groups in total. The first-order chi connectivity index (χ1) is 12.4. The van der Waals surface area contributed by atoms with Gasteiger partial charge in [-0.1, -0.05) is 6.07 Å².